The van der Waals surface area contributed by atoms with E-state index in [1.807, 2.05) is 36.4 Å². The van der Waals surface area contributed by atoms with Gasteiger partial charge in [-0.2, -0.15) is 0 Å². The number of esters is 1. The molecule has 1 aliphatic rings. The Morgan fingerprint density at radius 2 is 1.77 bits per heavy atom. The molecule has 1 fully saturated rings. The minimum Gasteiger partial charge on any atom is -0.425 e. The molecule has 2 aromatic rings. The minimum atomic E-state index is -0.280. The monoisotopic (exact) mass is 367 g/mol. The summed E-state index contributed by atoms with van der Waals surface area (Å²) in [5.74, 6) is 0.235. The Morgan fingerprint density at radius 1 is 1.04 bits per heavy atom. The third-order valence-electron chi connectivity index (χ3n) is 4.42. The first-order valence-electron chi connectivity index (χ1n) is 8.80. The number of thiocarbonyl (C=S) groups is 1. The van der Waals surface area contributed by atoms with Gasteiger partial charge in [-0.3, -0.25) is 4.79 Å². The van der Waals surface area contributed by atoms with Crippen LogP contribution in [-0.2, 0) is 4.79 Å². The molecule has 0 bridgehead atoms. The highest BCUT2D eigenvalue weighted by molar-refractivity contribution is 7.80. The van der Waals surface area contributed by atoms with Crippen molar-refractivity contribution in [2.24, 2.45) is 0 Å². The molecule has 1 heterocycles. The molecule has 1 saturated heterocycles. The number of carbonyl (C=O) groups is 2. The number of Topliss-reactive ketones (excluding diaryl/α,β-unsaturated/α-hetero) is 1. The molecule has 1 N–H and O–H groups in total. The summed E-state index contributed by atoms with van der Waals surface area (Å²) >= 11 is 5.50. The summed E-state index contributed by atoms with van der Waals surface area (Å²) in [5, 5.41) is 3.13. The van der Waals surface area contributed by atoms with Crippen molar-refractivity contribution in [2.75, 3.05) is 6.54 Å². The predicted molar refractivity (Wildman–Crippen MR) is 105 cm³/mol. The van der Waals surface area contributed by atoms with E-state index in [0.29, 0.717) is 34.6 Å². The molecule has 1 aliphatic heterocycles. The van der Waals surface area contributed by atoms with E-state index in [-0.39, 0.29) is 17.8 Å². The van der Waals surface area contributed by atoms with Gasteiger partial charge in [0.1, 0.15) is 11.8 Å². The Morgan fingerprint density at radius 3 is 2.50 bits per heavy atom. The van der Waals surface area contributed by atoms with Gasteiger partial charge in [-0.1, -0.05) is 60.7 Å². The van der Waals surface area contributed by atoms with Crippen LogP contribution in [0.15, 0.2) is 54.6 Å². The number of ketones is 1. The number of nitrogens with one attached hydrogen (secondary N) is 1. The van der Waals surface area contributed by atoms with Crippen LogP contribution in [0.2, 0.25) is 0 Å². The zero-order valence-electron chi connectivity index (χ0n) is 14.4. The van der Waals surface area contributed by atoms with Gasteiger partial charge in [0.2, 0.25) is 0 Å². The van der Waals surface area contributed by atoms with E-state index in [9.17, 15) is 9.59 Å². The first-order valence-corrected chi connectivity index (χ1v) is 9.21. The fourth-order valence-electron chi connectivity index (χ4n) is 2.98. The lowest BCUT2D eigenvalue weighted by Crippen LogP contribution is -2.34. The molecule has 0 amide bonds. The number of hydrogen-bond donors (Lipinski definition) is 1. The number of benzene rings is 2. The van der Waals surface area contributed by atoms with Gasteiger partial charge in [-0.15, -0.1) is 0 Å². The first kappa shape index (κ1) is 18.4. The molecule has 0 radical (unpaired) electrons. The SMILES string of the molecule is O=C(CCC(=S)c1ccccc1OC(=O)[C@@H]1CCCN1)c1ccccc1. The quantitative estimate of drug-likeness (QED) is 0.350. The lowest BCUT2D eigenvalue weighted by Gasteiger charge is -2.14. The topological polar surface area (TPSA) is 55.4 Å². The standard InChI is InChI=1S/C21H21NO3S/c23-18(15-7-2-1-3-8-15)12-13-20(26)16-9-4-5-11-19(16)25-21(24)17-10-6-14-22-17/h1-5,7-9,11,17,22H,6,10,12-14H2/t17-/m0/s1. The maximum Gasteiger partial charge on any atom is 0.328 e. The van der Waals surface area contributed by atoms with Crippen LogP contribution >= 0.6 is 12.2 Å². The van der Waals surface area contributed by atoms with Gasteiger partial charge in [0, 0.05) is 22.4 Å². The minimum absolute atomic E-state index is 0.0533. The van der Waals surface area contributed by atoms with Gasteiger partial charge >= 0.3 is 5.97 Å². The van der Waals surface area contributed by atoms with Crippen molar-refractivity contribution in [3.8, 4) is 5.75 Å². The molecule has 1 atom stereocenters. The second-order valence-electron chi connectivity index (χ2n) is 6.28. The molecule has 0 saturated carbocycles. The Balaban J connectivity index is 1.64. The summed E-state index contributed by atoms with van der Waals surface area (Å²) in [4.78, 5) is 25.1. The zero-order chi connectivity index (χ0) is 18.4. The second kappa shape index (κ2) is 8.83. The van der Waals surface area contributed by atoms with E-state index < -0.39 is 0 Å². The lowest BCUT2D eigenvalue weighted by atomic mass is 10.0. The Kier molecular flexibility index (Phi) is 6.26. The molecule has 3 rings (SSSR count). The van der Waals surface area contributed by atoms with Crippen LogP contribution in [-0.4, -0.2) is 29.2 Å². The molecule has 26 heavy (non-hydrogen) atoms. The summed E-state index contributed by atoms with van der Waals surface area (Å²) < 4.78 is 5.57. The van der Waals surface area contributed by atoms with E-state index in [4.69, 9.17) is 17.0 Å². The van der Waals surface area contributed by atoms with Crippen molar-refractivity contribution < 1.29 is 14.3 Å². The first-order chi connectivity index (χ1) is 12.6. The molecule has 2 aromatic carbocycles. The molecule has 0 spiro atoms. The fourth-order valence-corrected chi connectivity index (χ4v) is 3.25. The molecular formula is C21H21NO3S. The predicted octanol–water partition coefficient (Wildman–Crippen LogP) is 3.73. The Labute approximate surface area is 158 Å². The van der Waals surface area contributed by atoms with Gasteiger partial charge in [-0.05, 0) is 31.9 Å². The molecule has 4 nitrogen and oxygen atoms in total. The zero-order valence-corrected chi connectivity index (χ0v) is 15.3. The average molecular weight is 367 g/mol. The Bertz CT molecular complexity index is 798. The van der Waals surface area contributed by atoms with Crippen LogP contribution in [0.4, 0.5) is 0 Å². The summed E-state index contributed by atoms with van der Waals surface area (Å²) in [6, 6.07) is 16.2. The van der Waals surface area contributed by atoms with E-state index in [1.165, 1.54) is 0 Å². The van der Waals surface area contributed by atoms with Gasteiger partial charge in [-0.25, -0.2) is 4.79 Å². The maximum absolute atomic E-state index is 12.3. The van der Waals surface area contributed by atoms with Crippen molar-refractivity contribution in [1.82, 2.24) is 5.32 Å². The van der Waals surface area contributed by atoms with Gasteiger partial charge in [0.15, 0.2) is 5.78 Å². The third kappa shape index (κ3) is 4.62. The van der Waals surface area contributed by atoms with Gasteiger partial charge < -0.3 is 10.1 Å². The highest BCUT2D eigenvalue weighted by Gasteiger charge is 2.25. The summed E-state index contributed by atoms with van der Waals surface area (Å²) in [7, 11) is 0. The van der Waals surface area contributed by atoms with E-state index in [1.54, 1.807) is 18.2 Å². The van der Waals surface area contributed by atoms with Crippen LogP contribution in [0.1, 0.15) is 41.6 Å². The molecule has 0 aromatic heterocycles. The van der Waals surface area contributed by atoms with Gasteiger partial charge in [0.25, 0.3) is 0 Å². The largest absolute Gasteiger partial charge is 0.425 e. The van der Waals surface area contributed by atoms with E-state index in [2.05, 4.69) is 5.32 Å². The van der Waals surface area contributed by atoms with E-state index in [0.717, 1.165) is 19.4 Å². The summed E-state index contributed by atoms with van der Waals surface area (Å²) in [6.07, 6.45) is 2.53. The third-order valence-corrected chi connectivity index (χ3v) is 4.84. The Hall–Kier alpha value is -2.37. The molecule has 0 aliphatic carbocycles. The van der Waals surface area contributed by atoms with Crippen molar-refractivity contribution >= 4 is 28.8 Å². The number of para-hydroxylation sites is 1. The number of hydrogen-bond acceptors (Lipinski definition) is 5. The van der Waals surface area contributed by atoms with Crippen LogP contribution in [0.25, 0.3) is 0 Å². The highest BCUT2D eigenvalue weighted by Crippen LogP contribution is 2.23. The highest BCUT2D eigenvalue weighted by atomic mass is 32.1. The fraction of sp³-hybridized carbons (Fsp3) is 0.286. The molecule has 5 heteroatoms. The molecule has 134 valence electrons. The smallest absolute Gasteiger partial charge is 0.328 e. The van der Waals surface area contributed by atoms with Gasteiger partial charge in [0.05, 0.1) is 0 Å². The van der Waals surface area contributed by atoms with Crippen molar-refractivity contribution in [3.63, 3.8) is 0 Å². The van der Waals surface area contributed by atoms with Crippen LogP contribution in [0.5, 0.6) is 5.75 Å². The normalized spacial score (nSPS) is 16.2. The second-order valence-corrected chi connectivity index (χ2v) is 6.77. The lowest BCUT2D eigenvalue weighted by molar-refractivity contribution is -0.136. The maximum atomic E-state index is 12.3. The summed E-state index contributed by atoms with van der Waals surface area (Å²) in [5.41, 5.74) is 1.39. The molecular weight excluding hydrogens is 346 g/mol. The number of ether oxygens (including phenoxy) is 1. The van der Waals surface area contributed by atoms with Crippen LogP contribution in [0, 0.1) is 0 Å². The van der Waals surface area contributed by atoms with Crippen molar-refractivity contribution in [3.05, 3.63) is 65.7 Å². The number of carbonyl (C=O) groups excluding carboxylic acids is 2. The molecule has 0 unspecified atom stereocenters. The average Bonchev–Trinajstić information content (AvgIpc) is 3.22. The number of rotatable bonds is 7. The summed E-state index contributed by atoms with van der Waals surface area (Å²) in [6.45, 7) is 0.835. The van der Waals surface area contributed by atoms with Crippen LogP contribution < -0.4 is 10.1 Å². The van der Waals surface area contributed by atoms with E-state index >= 15 is 0 Å². The van der Waals surface area contributed by atoms with Crippen molar-refractivity contribution in [2.45, 2.75) is 31.7 Å². The van der Waals surface area contributed by atoms with Crippen LogP contribution in [0.3, 0.4) is 0 Å². The van der Waals surface area contributed by atoms with Crippen molar-refractivity contribution in [1.29, 1.82) is 0 Å².